The van der Waals surface area contributed by atoms with Gasteiger partial charge in [0.2, 0.25) is 5.91 Å². The molecule has 0 unspecified atom stereocenters. The van der Waals surface area contributed by atoms with Gasteiger partial charge in [-0.1, -0.05) is 41.9 Å². The summed E-state index contributed by atoms with van der Waals surface area (Å²) in [5, 5.41) is 5.90. The summed E-state index contributed by atoms with van der Waals surface area (Å²) in [6.45, 7) is 2.94. The van der Waals surface area contributed by atoms with Gasteiger partial charge in [0.15, 0.2) is 0 Å². The average molecular weight is 358 g/mol. The number of nitrogens with zero attached hydrogens (tertiary/aromatic N) is 1. The lowest BCUT2D eigenvalue weighted by atomic mass is 9.99. The van der Waals surface area contributed by atoms with Gasteiger partial charge in [0.1, 0.15) is 6.04 Å². The van der Waals surface area contributed by atoms with E-state index < -0.39 is 12.1 Å². The lowest BCUT2D eigenvalue weighted by Gasteiger charge is -2.31. The van der Waals surface area contributed by atoms with Crippen LogP contribution < -0.4 is 10.6 Å². The van der Waals surface area contributed by atoms with Crippen molar-refractivity contribution in [3.63, 3.8) is 0 Å². The molecule has 2 aromatic rings. The molecule has 1 heterocycles. The fourth-order valence-electron chi connectivity index (χ4n) is 2.95. The summed E-state index contributed by atoms with van der Waals surface area (Å²) in [7, 11) is 0. The van der Waals surface area contributed by atoms with Crippen molar-refractivity contribution in [2.75, 3.05) is 11.9 Å². The van der Waals surface area contributed by atoms with Gasteiger partial charge in [-0.25, -0.2) is 4.79 Å². The number of halogens is 1. The molecule has 3 amide bonds. The maximum Gasteiger partial charge on any atom is 0.319 e. The molecule has 3 rings (SSSR count). The largest absolute Gasteiger partial charge is 0.336 e. The number of carbonyl (C=O) groups is 2. The lowest BCUT2D eigenvalue weighted by molar-refractivity contribution is -0.133. The van der Waals surface area contributed by atoms with E-state index in [0.717, 1.165) is 12.0 Å². The van der Waals surface area contributed by atoms with Crippen LogP contribution in [0.2, 0.25) is 5.02 Å². The first kappa shape index (κ1) is 17.3. The van der Waals surface area contributed by atoms with E-state index >= 15 is 0 Å². The Labute approximate surface area is 152 Å². The van der Waals surface area contributed by atoms with Crippen molar-refractivity contribution in [1.82, 2.24) is 10.2 Å². The zero-order valence-electron chi connectivity index (χ0n) is 14.0. The fourth-order valence-corrected chi connectivity index (χ4v) is 3.14. The highest BCUT2D eigenvalue weighted by Gasteiger charge is 2.25. The van der Waals surface area contributed by atoms with Crippen molar-refractivity contribution in [2.45, 2.75) is 25.9 Å². The second kappa shape index (κ2) is 7.57. The van der Waals surface area contributed by atoms with Crippen LogP contribution in [0.1, 0.15) is 18.1 Å². The topological polar surface area (TPSA) is 61.4 Å². The van der Waals surface area contributed by atoms with Gasteiger partial charge < -0.3 is 15.5 Å². The maximum absolute atomic E-state index is 12.6. The van der Waals surface area contributed by atoms with Crippen LogP contribution in [-0.4, -0.2) is 29.4 Å². The minimum Gasteiger partial charge on any atom is -0.336 e. The number of urea groups is 1. The number of carbonyl (C=O) groups excluding carboxylic acids is 2. The third-order valence-electron chi connectivity index (χ3n) is 4.24. The summed E-state index contributed by atoms with van der Waals surface area (Å²) in [4.78, 5) is 26.5. The number of amides is 3. The standard InChI is InChI=1S/C19H20ClN3O2/c1-13(21-19(25)22-17-8-4-7-16(20)11-17)18(24)23-10-9-14-5-2-3-6-15(14)12-23/h2-8,11,13H,9-10,12H2,1H3,(H2,21,22,25)/t13-/m0/s1. The number of anilines is 1. The van der Waals surface area contributed by atoms with E-state index in [-0.39, 0.29) is 5.91 Å². The van der Waals surface area contributed by atoms with E-state index in [1.165, 1.54) is 5.56 Å². The van der Waals surface area contributed by atoms with Crippen LogP contribution >= 0.6 is 11.6 Å². The van der Waals surface area contributed by atoms with Crippen LogP contribution in [-0.2, 0) is 17.8 Å². The minimum absolute atomic E-state index is 0.0873. The first-order valence-corrected chi connectivity index (χ1v) is 8.59. The van der Waals surface area contributed by atoms with Crippen molar-refractivity contribution in [1.29, 1.82) is 0 Å². The van der Waals surface area contributed by atoms with Crippen LogP contribution in [0.15, 0.2) is 48.5 Å². The Balaban J connectivity index is 1.57. The number of rotatable bonds is 3. The quantitative estimate of drug-likeness (QED) is 0.884. The molecule has 1 atom stereocenters. The summed E-state index contributed by atoms with van der Waals surface area (Å²) in [5.41, 5.74) is 3.03. The molecule has 0 fully saturated rings. The normalized spacial score (nSPS) is 14.4. The Kier molecular flexibility index (Phi) is 5.24. The highest BCUT2D eigenvalue weighted by atomic mass is 35.5. The van der Waals surface area contributed by atoms with Crippen molar-refractivity contribution >= 4 is 29.2 Å². The van der Waals surface area contributed by atoms with Crippen molar-refractivity contribution in [3.8, 4) is 0 Å². The molecule has 0 saturated carbocycles. The van der Waals surface area contributed by atoms with E-state index in [4.69, 9.17) is 11.6 Å². The SMILES string of the molecule is C[C@H](NC(=O)Nc1cccc(Cl)c1)C(=O)N1CCc2ccccc2C1. The van der Waals surface area contributed by atoms with Gasteiger partial charge in [0.05, 0.1) is 0 Å². The van der Waals surface area contributed by atoms with Gasteiger partial charge in [-0.2, -0.15) is 0 Å². The maximum atomic E-state index is 12.6. The van der Waals surface area contributed by atoms with Gasteiger partial charge in [0, 0.05) is 23.8 Å². The molecule has 0 saturated heterocycles. The monoisotopic (exact) mass is 357 g/mol. The van der Waals surface area contributed by atoms with Crippen LogP contribution in [0, 0.1) is 0 Å². The molecule has 2 aromatic carbocycles. The zero-order valence-corrected chi connectivity index (χ0v) is 14.7. The van der Waals surface area contributed by atoms with E-state index in [1.54, 1.807) is 36.1 Å². The minimum atomic E-state index is -0.607. The second-order valence-corrected chi connectivity index (χ2v) is 6.55. The highest BCUT2D eigenvalue weighted by molar-refractivity contribution is 6.30. The van der Waals surface area contributed by atoms with Crippen molar-refractivity contribution < 1.29 is 9.59 Å². The summed E-state index contributed by atoms with van der Waals surface area (Å²) < 4.78 is 0. The molecule has 0 bridgehead atoms. The number of benzene rings is 2. The molecule has 6 heteroatoms. The molecule has 0 spiro atoms. The summed E-state index contributed by atoms with van der Waals surface area (Å²) in [6.07, 6.45) is 0.837. The molecule has 130 valence electrons. The van der Waals surface area contributed by atoms with E-state index in [9.17, 15) is 9.59 Å². The molecule has 0 aliphatic carbocycles. The number of nitrogens with one attached hydrogen (secondary N) is 2. The number of hydrogen-bond donors (Lipinski definition) is 2. The first-order chi connectivity index (χ1) is 12.0. The van der Waals surface area contributed by atoms with Crippen molar-refractivity contribution in [3.05, 3.63) is 64.7 Å². The van der Waals surface area contributed by atoms with Gasteiger partial charge in [0.25, 0.3) is 0 Å². The Morgan fingerprint density at radius 2 is 1.88 bits per heavy atom. The molecule has 25 heavy (non-hydrogen) atoms. The predicted octanol–water partition coefficient (Wildman–Crippen LogP) is 3.43. The molecular weight excluding hydrogens is 338 g/mol. The number of hydrogen-bond acceptors (Lipinski definition) is 2. The smallest absolute Gasteiger partial charge is 0.319 e. The molecule has 0 radical (unpaired) electrons. The van der Waals surface area contributed by atoms with E-state index in [2.05, 4.69) is 16.7 Å². The van der Waals surface area contributed by atoms with Crippen LogP contribution in [0.3, 0.4) is 0 Å². The fraction of sp³-hybridized carbons (Fsp3) is 0.263. The number of fused-ring (bicyclic) bond motifs is 1. The van der Waals surface area contributed by atoms with Crippen LogP contribution in [0.25, 0.3) is 0 Å². The van der Waals surface area contributed by atoms with Crippen LogP contribution in [0.5, 0.6) is 0 Å². The van der Waals surface area contributed by atoms with Gasteiger partial charge >= 0.3 is 6.03 Å². The Bertz CT molecular complexity index is 794. The summed E-state index contributed by atoms with van der Waals surface area (Å²) in [5.74, 6) is -0.0873. The lowest BCUT2D eigenvalue weighted by Crippen LogP contribution is -2.49. The Hall–Kier alpha value is -2.53. The van der Waals surface area contributed by atoms with Gasteiger partial charge in [-0.3, -0.25) is 4.79 Å². The van der Waals surface area contributed by atoms with Crippen LogP contribution in [0.4, 0.5) is 10.5 Å². The van der Waals surface area contributed by atoms with E-state index in [1.807, 2.05) is 18.2 Å². The molecule has 1 aliphatic rings. The molecule has 5 nitrogen and oxygen atoms in total. The zero-order chi connectivity index (χ0) is 17.8. The average Bonchev–Trinajstić information content (AvgIpc) is 2.60. The van der Waals surface area contributed by atoms with Gasteiger partial charge in [-0.05, 0) is 42.7 Å². The predicted molar refractivity (Wildman–Crippen MR) is 98.6 cm³/mol. The third-order valence-corrected chi connectivity index (χ3v) is 4.48. The van der Waals surface area contributed by atoms with E-state index in [0.29, 0.717) is 23.8 Å². The molecule has 2 N–H and O–H groups in total. The first-order valence-electron chi connectivity index (χ1n) is 8.21. The highest BCUT2D eigenvalue weighted by Crippen LogP contribution is 2.19. The Morgan fingerprint density at radius 1 is 1.12 bits per heavy atom. The van der Waals surface area contributed by atoms with Crippen molar-refractivity contribution in [2.24, 2.45) is 0 Å². The Morgan fingerprint density at radius 3 is 2.64 bits per heavy atom. The summed E-state index contributed by atoms with van der Waals surface area (Å²) >= 11 is 5.89. The van der Waals surface area contributed by atoms with Gasteiger partial charge in [-0.15, -0.1) is 0 Å². The summed E-state index contributed by atoms with van der Waals surface area (Å²) in [6, 6.07) is 14.0. The third kappa shape index (κ3) is 4.31. The molecular formula is C19H20ClN3O2. The molecule has 1 aliphatic heterocycles. The second-order valence-electron chi connectivity index (χ2n) is 6.11. The molecule has 0 aromatic heterocycles.